The minimum atomic E-state index is -5.08. The van der Waals surface area contributed by atoms with E-state index in [0.717, 1.165) is 5.56 Å². The first-order valence-electron chi connectivity index (χ1n) is 10.2. The van der Waals surface area contributed by atoms with Gasteiger partial charge in [-0.15, -0.1) is 0 Å². The number of alkyl halides is 3. The standard InChI is InChI=1S/C19H24N6O4.C2HF3O2/c1-12(26)24-16(8-14-9-21-11-23-14)19(29)25-15(18(28)22-10-17(20)27)7-13-5-3-2-4-6-13;3-2(4,5)1(6)7/h2-6,9,11,15-16H,7-8,10H2,1H3,(H2,20,27)(H,21,23)(H,22,28)(H,24,26)(H,25,29);(H,6,7)/t15-,16+;/m0./s1. The van der Waals surface area contributed by atoms with Gasteiger partial charge in [0.05, 0.1) is 12.9 Å². The Hall–Kier alpha value is -4.43. The van der Waals surface area contributed by atoms with Crippen molar-refractivity contribution in [3.05, 3.63) is 54.1 Å². The fourth-order valence-corrected chi connectivity index (χ4v) is 2.70. The Bertz CT molecular complexity index is 1030. The number of primary amides is 1. The highest BCUT2D eigenvalue weighted by Gasteiger charge is 2.38. The molecule has 0 spiro atoms. The van der Waals surface area contributed by atoms with E-state index in [1.807, 2.05) is 30.3 Å². The Labute approximate surface area is 202 Å². The average molecular weight is 514 g/mol. The van der Waals surface area contributed by atoms with Crippen LogP contribution in [0.3, 0.4) is 0 Å². The van der Waals surface area contributed by atoms with Gasteiger partial charge in [-0.1, -0.05) is 30.3 Å². The van der Waals surface area contributed by atoms with Crippen molar-refractivity contribution < 1.29 is 42.3 Å². The van der Waals surface area contributed by atoms with Gasteiger partial charge in [0, 0.05) is 31.7 Å². The summed E-state index contributed by atoms with van der Waals surface area (Å²) in [6, 6.07) is 7.23. The normalized spacial score (nSPS) is 12.2. The molecule has 2 aromatic rings. The summed E-state index contributed by atoms with van der Waals surface area (Å²) < 4.78 is 31.7. The van der Waals surface area contributed by atoms with Gasteiger partial charge in [0.25, 0.3) is 0 Å². The third-order valence-electron chi connectivity index (χ3n) is 4.27. The van der Waals surface area contributed by atoms with Crippen LogP contribution in [0.2, 0.25) is 0 Å². The van der Waals surface area contributed by atoms with Crippen molar-refractivity contribution in [2.24, 2.45) is 5.73 Å². The fourth-order valence-electron chi connectivity index (χ4n) is 2.70. The maximum absolute atomic E-state index is 12.8. The molecule has 1 aromatic heterocycles. The van der Waals surface area contributed by atoms with E-state index < -0.39 is 42.0 Å². The molecule has 0 unspecified atom stereocenters. The lowest BCUT2D eigenvalue weighted by Crippen LogP contribution is -2.55. The van der Waals surface area contributed by atoms with Gasteiger partial charge >= 0.3 is 12.1 Å². The van der Waals surface area contributed by atoms with Crippen LogP contribution < -0.4 is 21.7 Å². The van der Waals surface area contributed by atoms with Gasteiger partial charge < -0.3 is 31.8 Å². The average Bonchev–Trinajstić information content (AvgIpc) is 3.30. The van der Waals surface area contributed by atoms with Crippen LogP contribution in [-0.4, -0.2) is 69.5 Å². The molecule has 0 saturated heterocycles. The second kappa shape index (κ2) is 14.1. The smallest absolute Gasteiger partial charge is 0.475 e. The molecule has 0 radical (unpaired) electrons. The number of carbonyl (C=O) groups is 5. The second-order valence-corrected chi connectivity index (χ2v) is 7.27. The third-order valence-corrected chi connectivity index (χ3v) is 4.27. The first-order valence-corrected chi connectivity index (χ1v) is 10.2. The molecular weight excluding hydrogens is 489 g/mol. The zero-order valence-electron chi connectivity index (χ0n) is 19.0. The number of aromatic nitrogens is 2. The predicted molar refractivity (Wildman–Crippen MR) is 118 cm³/mol. The summed E-state index contributed by atoms with van der Waals surface area (Å²) in [5.74, 6) is -4.93. The van der Waals surface area contributed by atoms with Crippen LogP contribution in [0, 0.1) is 0 Å². The highest BCUT2D eigenvalue weighted by molar-refractivity contribution is 5.93. The van der Waals surface area contributed by atoms with Crippen LogP contribution in [0.5, 0.6) is 0 Å². The zero-order valence-corrected chi connectivity index (χ0v) is 19.0. The largest absolute Gasteiger partial charge is 0.490 e. The molecule has 0 saturated carbocycles. The van der Waals surface area contributed by atoms with Crippen LogP contribution in [0.25, 0.3) is 0 Å². The van der Waals surface area contributed by atoms with Gasteiger partial charge in [-0.2, -0.15) is 13.2 Å². The van der Waals surface area contributed by atoms with E-state index in [1.54, 1.807) is 6.20 Å². The third kappa shape index (κ3) is 11.6. The Morgan fingerprint density at radius 2 is 1.61 bits per heavy atom. The number of nitrogens with zero attached hydrogens (tertiary/aromatic N) is 1. The Morgan fingerprint density at radius 3 is 2.08 bits per heavy atom. The minimum absolute atomic E-state index is 0.173. The quantitative estimate of drug-likeness (QED) is 0.244. The first kappa shape index (κ1) is 29.6. The Balaban J connectivity index is 0.000000809. The molecule has 2 rings (SSSR count). The molecule has 2 atom stereocenters. The monoisotopic (exact) mass is 514 g/mol. The van der Waals surface area contributed by atoms with E-state index >= 15 is 0 Å². The number of aromatic amines is 1. The molecule has 0 aliphatic carbocycles. The van der Waals surface area contributed by atoms with Crippen molar-refractivity contribution in [2.75, 3.05) is 6.54 Å². The summed E-state index contributed by atoms with van der Waals surface area (Å²) in [6.07, 6.45) is -1.70. The molecule has 0 aliphatic heterocycles. The van der Waals surface area contributed by atoms with Gasteiger partial charge in [0.2, 0.25) is 23.6 Å². The molecule has 12 nitrogen and oxygen atoms in total. The number of hydrogen-bond donors (Lipinski definition) is 6. The summed E-state index contributed by atoms with van der Waals surface area (Å²) >= 11 is 0. The van der Waals surface area contributed by atoms with E-state index in [2.05, 4.69) is 25.9 Å². The molecule has 7 N–H and O–H groups in total. The van der Waals surface area contributed by atoms with E-state index in [-0.39, 0.29) is 25.3 Å². The van der Waals surface area contributed by atoms with Crippen molar-refractivity contribution in [3.63, 3.8) is 0 Å². The number of hydrogen-bond acceptors (Lipinski definition) is 6. The van der Waals surface area contributed by atoms with Crippen LogP contribution in [0.4, 0.5) is 13.2 Å². The number of benzene rings is 1. The van der Waals surface area contributed by atoms with E-state index in [9.17, 15) is 32.3 Å². The molecule has 196 valence electrons. The second-order valence-electron chi connectivity index (χ2n) is 7.27. The number of nitrogens with two attached hydrogens (primary N) is 1. The zero-order chi connectivity index (χ0) is 27.3. The molecular formula is C21H25F3N6O6. The lowest BCUT2D eigenvalue weighted by molar-refractivity contribution is -0.192. The SMILES string of the molecule is CC(=O)N[C@H](Cc1cnc[nH]1)C(=O)N[C@@H](Cc1ccccc1)C(=O)NCC(N)=O.O=C(O)C(F)(F)F. The topological polar surface area (TPSA) is 196 Å². The summed E-state index contributed by atoms with van der Waals surface area (Å²) in [6.45, 7) is 0.956. The van der Waals surface area contributed by atoms with Crippen molar-refractivity contribution in [3.8, 4) is 0 Å². The number of carbonyl (C=O) groups excluding carboxylic acids is 4. The number of amides is 4. The lowest BCUT2D eigenvalue weighted by Gasteiger charge is -2.22. The summed E-state index contributed by atoms with van der Waals surface area (Å²) in [4.78, 5) is 63.5. The molecule has 1 heterocycles. The number of carboxylic acid groups (broad SMARTS) is 1. The van der Waals surface area contributed by atoms with Crippen molar-refractivity contribution in [1.82, 2.24) is 25.9 Å². The van der Waals surface area contributed by atoms with Gasteiger partial charge in [-0.25, -0.2) is 9.78 Å². The molecule has 0 aliphatic rings. The number of rotatable bonds is 10. The molecule has 4 amide bonds. The number of H-pyrrole nitrogens is 1. The van der Waals surface area contributed by atoms with Crippen molar-refractivity contribution >= 4 is 29.6 Å². The molecule has 0 fully saturated rings. The first-order chi connectivity index (χ1) is 16.8. The number of nitrogens with one attached hydrogen (secondary N) is 4. The van der Waals surface area contributed by atoms with Gasteiger partial charge in [-0.05, 0) is 5.56 Å². The van der Waals surface area contributed by atoms with Crippen molar-refractivity contribution in [1.29, 1.82) is 0 Å². The highest BCUT2D eigenvalue weighted by atomic mass is 19.4. The number of carboxylic acids is 1. The van der Waals surface area contributed by atoms with Crippen LogP contribution in [-0.2, 0) is 36.8 Å². The van der Waals surface area contributed by atoms with Gasteiger partial charge in [-0.3, -0.25) is 19.2 Å². The van der Waals surface area contributed by atoms with Crippen molar-refractivity contribution in [2.45, 2.75) is 38.0 Å². The Morgan fingerprint density at radius 1 is 1.03 bits per heavy atom. The molecule has 36 heavy (non-hydrogen) atoms. The minimum Gasteiger partial charge on any atom is -0.475 e. The molecule has 15 heteroatoms. The molecule has 1 aromatic carbocycles. The number of imidazole rings is 1. The fraction of sp³-hybridized carbons (Fsp3) is 0.333. The highest BCUT2D eigenvalue weighted by Crippen LogP contribution is 2.13. The molecule has 0 bridgehead atoms. The maximum Gasteiger partial charge on any atom is 0.490 e. The predicted octanol–water partition coefficient (Wildman–Crippen LogP) is -0.581. The number of aliphatic carboxylic acids is 1. The summed E-state index contributed by atoms with van der Waals surface area (Å²) in [7, 11) is 0. The van der Waals surface area contributed by atoms with Gasteiger partial charge in [0.15, 0.2) is 0 Å². The number of halogens is 3. The maximum atomic E-state index is 12.8. The Kier molecular flexibility index (Phi) is 11.6. The van der Waals surface area contributed by atoms with Crippen LogP contribution in [0.1, 0.15) is 18.2 Å². The van der Waals surface area contributed by atoms with E-state index in [1.165, 1.54) is 13.3 Å². The van der Waals surface area contributed by atoms with Crippen LogP contribution in [0.15, 0.2) is 42.9 Å². The summed E-state index contributed by atoms with van der Waals surface area (Å²) in [5.41, 5.74) is 6.54. The van der Waals surface area contributed by atoms with Gasteiger partial charge in [0.1, 0.15) is 12.1 Å². The van der Waals surface area contributed by atoms with E-state index in [0.29, 0.717) is 5.69 Å². The van der Waals surface area contributed by atoms with Crippen LogP contribution >= 0.6 is 0 Å². The van der Waals surface area contributed by atoms with E-state index in [4.69, 9.17) is 15.6 Å². The lowest BCUT2D eigenvalue weighted by atomic mass is 10.0. The summed E-state index contributed by atoms with van der Waals surface area (Å²) in [5, 5.41) is 14.8.